The van der Waals surface area contributed by atoms with Gasteiger partial charge in [-0.25, -0.2) is 4.98 Å². The van der Waals surface area contributed by atoms with E-state index in [2.05, 4.69) is 10.4 Å². The van der Waals surface area contributed by atoms with Crippen molar-refractivity contribution >= 4 is 29.0 Å². The molecule has 2 rings (SSSR count). The Morgan fingerprint density at radius 2 is 1.84 bits per heavy atom. The van der Waals surface area contributed by atoms with Crippen LogP contribution in [-0.2, 0) is 6.42 Å². The van der Waals surface area contributed by atoms with Gasteiger partial charge in [0.25, 0.3) is 0 Å². The van der Waals surface area contributed by atoms with Crippen molar-refractivity contribution < 1.29 is 0 Å². The van der Waals surface area contributed by atoms with Gasteiger partial charge in [0, 0.05) is 21.8 Å². The summed E-state index contributed by atoms with van der Waals surface area (Å²) in [7, 11) is 0. The molecule has 6 heteroatoms. The van der Waals surface area contributed by atoms with E-state index in [9.17, 15) is 0 Å². The Morgan fingerprint density at radius 3 is 2.42 bits per heavy atom. The highest BCUT2D eigenvalue weighted by Crippen LogP contribution is 2.30. The van der Waals surface area contributed by atoms with E-state index in [0.29, 0.717) is 22.3 Å². The first-order valence-corrected chi connectivity index (χ1v) is 6.48. The van der Waals surface area contributed by atoms with E-state index in [1.54, 1.807) is 24.4 Å². The van der Waals surface area contributed by atoms with E-state index in [4.69, 9.17) is 34.8 Å². The molecule has 1 atom stereocenters. The van der Waals surface area contributed by atoms with Crippen LogP contribution < -0.4 is 17.0 Å². The van der Waals surface area contributed by atoms with E-state index in [1.807, 2.05) is 12.1 Å². The standard InChI is InChI=1S/C13H14Cl2N4/c14-10-4-1-5-11(15)9(10)7-12(19-17)8-3-2-6-18-13(8)16/h1-6,12,19H,7,17H2,(H2,16,18). The van der Waals surface area contributed by atoms with E-state index in [-0.39, 0.29) is 6.04 Å². The zero-order valence-corrected chi connectivity index (χ0v) is 11.6. The average Bonchev–Trinajstić information content (AvgIpc) is 2.40. The molecule has 0 aliphatic rings. The third kappa shape index (κ3) is 3.16. The molecule has 0 aliphatic heterocycles. The molecule has 0 spiro atoms. The average molecular weight is 297 g/mol. The number of anilines is 1. The van der Waals surface area contributed by atoms with Crippen LogP contribution >= 0.6 is 23.2 Å². The molecule has 0 radical (unpaired) electrons. The molecule has 2 aromatic rings. The van der Waals surface area contributed by atoms with Gasteiger partial charge in [-0.05, 0) is 30.2 Å². The fourth-order valence-electron chi connectivity index (χ4n) is 1.91. The number of benzene rings is 1. The summed E-state index contributed by atoms with van der Waals surface area (Å²) >= 11 is 12.3. The van der Waals surface area contributed by atoms with Crippen LogP contribution in [-0.4, -0.2) is 4.98 Å². The second kappa shape index (κ2) is 6.21. The molecule has 100 valence electrons. The van der Waals surface area contributed by atoms with E-state index in [0.717, 1.165) is 11.1 Å². The molecule has 0 amide bonds. The minimum atomic E-state index is -0.203. The van der Waals surface area contributed by atoms with Gasteiger partial charge in [0.2, 0.25) is 0 Å². The summed E-state index contributed by atoms with van der Waals surface area (Å²) in [6.07, 6.45) is 2.17. The van der Waals surface area contributed by atoms with Crippen LogP contribution in [0.1, 0.15) is 17.2 Å². The molecule has 1 heterocycles. The Bertz CT molecular complexity index is 554. The second-order valence-electron chi connectivity index (χ2n) is 4.10. The van der Waals surface area contributed by atoms with Crippen molar-refractivity contribution in [2.24, 2.45) is 5.84 Å². The zero-order valence-electron chi connectivity index (χ0n) is 10.1. The number of hydrogen-bond acceptors (Lipinski definition) is 4. The van der Waals surface area contributed by atoms with Crippen LogP contribution in [0.2, 0.25) is 10.0 Å². The van der Waals surface area contributed by atoms with Crippen LogP contribution in [0.25, 0.3) is 0 Å². The number of halogens is 2. The highest BCUT2D eigenvalue weighted by atomic mass is 35.5. The number of hydrogen-bond donors (Lipinski definition) is 3. The third-order valence-electron chi connectivity index (χ3n) is 2.92. The van der Waals surface area contributed by atoms with E-state index >= 15 is 0 Å². The van der Waals surface area contributed by atoms with Gasteiger partial charge in [-0.2, -0.15) is 0 Å². The zero-order chi connectivity index (χ0) is 13.8. The molecule has 0 bridgehead atoms. The van der Waals surface area contributed by atoms with Crippen LogP contribution in [0.5, 0.6) is 0 Å². The van der Waals surface area contributed by atoms with E-state index < -0.39 is 0 Å². The maximum absolute atomic E-state index is 6.16. The summed E-state index contributed by atoms with van der Waals surface area (Å²) < 4.78 is 0. The quantitative estimate of drug-likeness (QED) is 0.599. The Balaban J connectivity index is 2.32. The maximum atomic E-state index is 6.16. The predicted octanol–water partition coefficient (Wildman–Crippen LogP) is 2.72. The van der Waals surface area contributed by atoms with Crippen molar-refractivity contribution in [3.05, 3.63) is 57.7 Å². The molecule has 4 nitrogen and oxygen atoms in total. The van der Waals surface area contributed by atoms with Crippen molar-refractivity contribution in [1.82, 2.24) is 10.4 Å². The van der Waals surface area contributed by atoms with Gasteiger partial charge in [0.15, 0.2) is 0 Å². The minimum absolute atomic E-state index is 0.203. The van der Waals surface area contributed by atoms with Gasteiger partial charge in [0.05, 0.1) is 6.04 Å². The lowest BCUT2D eigenvalue weighted by atomic mass is 10.00. The Kier molecular flexibility index (Phi) is 4.61. The Hall–Kier alpha value is -1.33. The summed E-state index contributed by atoms with van der Waals surface area (Å²) in [6.45, 7) is 0. The van der Waals surface area contributed by atoms with Crippen LogP contribution in [0.15, 0.2) is 36.5 Å². The fourth-order valence-corrected chi connectivity index (χ4v) is 2.47. The SMILES string of the molecule is NNC(Cc1c(Cl)cccc1Cl)c1cccnc1N. The third-order valence-corrected chi connectivity index (χ3v) is 3.63. The van der Waals surface area contributed by atoms with Gasteiger partial charge in [-0.1, -0.05) is 35.3 Å². The number of pyridine rings is 1. The minimum Gasteiger partial charge on any atom is -0.383 e. The van der Waals surface area contributed by atoms with Crippen molar-refractivity contribution in [3.8, 4) is 0 Å². The molecular formula is C13H14Cl2N4. The molecule has 0 saturated heterocycles. The number of nitrogens with zero attached hydrogens (tertiary/aromatic N) is 1. The van der Waals surface area contributed by atoms with Gasteiger partial charge < -0.3 is 5.73 Å². The molecule has 1 aromatic carbocycles. The number of nitrogens with two attached hydrogens (primary N) is 2. The van der Waals surface area contributed by atoms with Gasteiger partial charge in [0.1, 0.15) is 5.82 Å². The molecule has 19 heavy (non-hydrogen) atoms. The maximum Gasteiger partial charge on any atom is 0.128 e. The smallest absolute Gasteiger partial charge is 0.128 e. The summed E-state index contributed by atoms with van der Waals surface area (Å²) in [5, 5.41) is 1.21. The summed E-state index contributed by atoms with van der Waals surface area (Å²) in [5.41, 5.74) is 10.2. The van der Waals surface area contributed by atoms with Crippen molar-refractivity contribution in [2.75, 3.05) is 5.73 Å². The van der Waals surface area contributed by atoms with Crippen molar-refractivity contribution in [3.63, 3.8) is 0 Å². The number of aromatic nitrogens is 1. The lowest BCUT2D eigenvalue weighted by Gasteiger charge is -2.19. The van der Waals surface area contributed by atoms with Crippen molar-refractivity contribution in [2.45, 2.75) is 12.5 Å². The van der Waals surface area contributed by atoms with Crippen LogP contribution in [0.3, 0.4) is 0 Å². The molecule has 5 N–H and O–H groups in total. The second-order valence-corrected chi connectivity index (χ2v) is 4.92. The highest BCUT2D eigenvalue weighted by molar-refractivity contribution is 6.36. The first kappa shape index (κ1) is 14.1. The lowest BCUT2D eigenvalue weighted by Crippen LogP contribution is -2.30. The first-order chi connectivity index (χ1) is 9.13. The largest absolute Gasteiger partial charge is 0.383 e. The lowest BCUT2D eigenvalue weighted by molar-refractivity contribution is 0.552. The fraction of sp³-hybridized carbons (Fsp3) is 0.154. The molecule has 0 fully saturated rings. The Morgan fingerprint density at radius 1 is 1.16 bits per heavy atom. The number of nitrogen functional groups attached to an aromatic ring is 1. The molecule has 1 aromatic heterocycles. The predicted molar refractivity (Wildman–Crippen MR) is 78.9 cm³/mol. The highest BCUT2D eigenvalue weighted by Gasteiger charge is 2.17. The summed E-state index contributed by atoms with van der Waals surface area (Å²) in [6, 6.07) is 8.87. The Labute approximate surface area is 121 Å². The summed E-state index contributed by atoms with van der Waals surface area (Å²) in [5.74, 6) is 6.04. The first-order valence-electron chi connectivity index (χ1n) is 5.73. The molecular weight excluding hydrogens is 283 g/mol. The summed E-state index contributed by atoms with van der Waals surface area (Å²) in [4.78, 5) is 4.05. The van der Waals surface area contributed by atoms with Gasteiger partial charge in [-0.15, -0.1) is 0 Å². The monoisotopic (exact) mass is 296 g/mol. The van der Waals surface area contributed by atoms with Gasteiger partial charge in [-0.3, -0.25) is 11.3 Å². The number of hydrazine groups is 1. The molecule has 0 saturated carbocycles. The van der Waals surface area contributed by atoms with Crippen LogP contribution in [0.4, 0.5) is 5.82 Å². The molecule has 1 unspecified atom stereocenters. The normalized spacial score (nSPS) is 12.4. The van der Waals surface area contributed by atoms with Gasteiger partial charge >= 0.3 is 0 Å². The molecule has 0 aliphatic carbocycles. The van der Waals surface area contributed by atoms with Crippen LogP contribution in [0, 0.1) is 0 Å². The topological polar surface area (TPSA) is 77.0 Å². The number of nitrogens with one attached hydrogen (secondary N) is 1. The number of rotatable bonds is 4. The van der Waals surface area contributed by atoms with E-state index in [1.165, 1.54) is 0 Å². The van der Waals surface area contributed by atoms with Crippen molar-refractivity contribution in [1.29, 1.82) is 0 Å².